The Morgan fingerprint density at radius 2 is 1.90 bits per heavy atom. The molecule has 31 heavy (non-hydrogen) atoms. The van der Waals surface area contributed by atoms with Gasteiger partial charge in [-0.05, 0) is 76.0 Å². The Balaban J connectivity index is 1.73. The molecule has 0 spiro atoms. The average Bonchev–Trinajstić information content (AvgIpc) is 2.75. The van der Waals surface area contributed by atoms with Gasteiger partial charge in [0.2, 0.25) is 5.91 Å². The quantitative estimate of drug-likeness (QED) is 0.228. The molecule has 2 rings (SSSR count). The minimum Gasteiger partial charge on any atom is -0.483 e. The number of nitrogens with one attached hydrogen (secondary N) is 3. The monoisotopic (exact) mass is 506 g/mol. The molecule has 0 radical (unpaired) electrons. The van der Waals surface area contributed by atoms with Crippen LogP contribution in [-0.2, 0) is 16.0 Å². The van der Waals surface area contributed by atoms with Gasteiger partial charge in [-0.3, -0.25) is 35.9 Å². The lowest BCUT2D eigenvalue weighted by atomic mass is 10.2. The van der Waals surface area contributed by atoms with E-state index in [9.17, 15) is 19.7 Å². The highest BCUT2D eigenvalue weighted by Gasteiger charge is 2.08. The third kappa shape index (κ3) is 8.15. The smallest absolute Gasteiger partial charge is 0.276 e. The molecular formula is C20H19BrN4O5S. The van der Waals surface area contributed by atoms with Crippen LogP contribution < -0.4 is 20.9 Å². The molecule has 0 heterocycles. The summed E-state index contributed by atoms with van der Waals surface area (Å²) in [6, 6.07) is 11.3. The lowest BCUT2D eigenvalue weighted by Crippen LogP contribution is -2.49. The van der Waals surface area contributed by atoms with Gasteiger partial charge in [0, 0.05) is 18.2 Å². The van der Waals surface area contributed by atoms with Crippen LogP contribution >= 0.6 is 28.1 Å². The zero-order valence-corrected chi connectivity index (χ0v) is 18.8. The number of aryl methyl sites for hydroxylation is 1. The van der Waals surface area contributed by atoms with E-state index in [2.05, 4.69) is 32.1 Å². The van der Waals surface area contributed by atoms with Crippen molar-refractivity contribution in [1.29, 1.82) is 0 Å². The number of carbonyl (C=O) groups is 2. The maximum Gasteiger partial charge on any atom is 0.276 e. The number of nitro benzene ring substituents is 1. The van der Waals surface area contributed by atoms with Crippen LogP contribution in [0.5, 0.6) is 5.75 Å². The van der Waals surface area contributed by atoms with Crippen molar-refractivity contribution in [2.45, 2.75) is 13.3 Å². The Morgan fingerprint density at radius 1 is 1.19 bits per heavy atom. The molecule has 0 aliphatic carbocycles. The van der Waals surface area contributed by atoms with Crippen molar-refractivity contribution in [2.75, 3.05) is 6.61 Å². The zero-order chi connectivity index (χ0) is 22.8. The fraction of sp³-hybridized carbons (Fsp3) is 0.150. The minimum absolute atomic E-state index is 0.0444. The summed E-state index contributed by atoms with van der Waals surface area (Å²) in [6.07, 6.45) is 3.56. The number of rotatable bonds is 7. The molecule has 0 atom stereocenters. The molecule has 3 N–H and O–H groups in total. The molecule has 0 aliphatic rings. The SMILES string of the molecule is CCc1ccc(OCC(=O)NNC(=S)NC(=O)/C=C/c2ccc([N+](=O)[O-])cc2)c(Br)c1. The molecule has 0 fully saturated rings. The van der Waals surface area contributed by atoms with Gasteiger partial charge in [-0.2, -0.15) is 0 Å². The Morgan fingerprint density at radius 3 is 2.52 bits per heavy atom. The topological polar surface area (TPSA) is 123 Å². The minimum atomic E-state index is -0.540. The number of hydrogen-bond donors (Lipinski definition) is 3. The molecule has 0 unspecified atom stereocenters. The Bertz CT molecular complexity index is 1010. The van der Waals surface area contributed by atoms with Crippen LogP contribution in [0.3, 0.4) is 0 Å². The van der Waals surface area contributed by atoms with Crippen molar-refractivity contribution in [3.63, 3.8) is 0 Å². The maximum absolute atomic E-state index is 11.9. The molecule has 0 bridgehead atoms. The van der Waals surface area contributed by atoms with E-state index in [1.807, 2.05) is 19.1 Å². The second-order valence-corrected chi connectivity index (χ2v) is 7.34. The molecule has 0 aliphatic heterocycles. The van der Waals surface area contributed by atoms with Gasteiger partial charge >= 0.3 is 0 Å². The molecule has 11 heteroatoms. The first-order chi connectivity index (χ1) is 14.8. The van der Waals surface area contributed by atoms with Gasteiger partial charge < -0.3 is 4.74 Å². The Hall–Kier alpha value is -3.31. The van der Waals surface area contributed by atoms with E-state index in [1.165, 1.54) is 36.4 Å². The number of benzene rings is 2. The highest BCUT2D eigenvalue weighted by atomic mass is 79.9. The second kappa shape index (κ2) is 11.8. The van der Waals surface area contributed by atoms with Crippen molar-refractivity contribution in [1.82, 2.24) is 16.2 Å². The number of halogens is 1. The van der Waals surface area contributed by atoms with Crippen molar-refractivity contribution in [2.24, 2.45) is 0 Å². The molecule has 9 nitrogen and oxygen atoms in total. The Labute approximate surface area is 192 Å². The first kappa shape index (κ1) is 24.0. The largest absolute Gasteiger partial charge is 0.483 e. The van der Waals surface area contributed by atoms with Crippen LogP contribution in [0.15, 0.2) is 53.0 Å². The third-order valence-electron chi connectivity index (χ3n) is 3.85. The number of carbonyl (C=O) groups excluding carboxylic acids is 2. The van der Waals surface area contributed by atoms with Gasteiger partial charge in [-0.25, -0.2) is 0 Å². The van der Waals surface area contributed by atoms with Gasteiger partial charge in [0.1, 0.15) is 5.75 Å². The summed E-state index contributed by atoms with van der Waals surface area (Å²) < 4.78 is 6.18. The van der Waals surface area contributed by atoms with Crippen LogP contribution in [0.2, 0.25) is 0 Å². The van der Waals surface area contributed by atoms with Crippen LogP contribution in [-0.4, -0.2) is 28.5 Å². The summed E-state index contributed by atoms with van der Waals surface area (Å²) in [7, 11) is 0. The van der Waals surface area contributed by atoms with Crippen LogP contribution in [0.4, 0.5) is 5.69 Å². The van der Waals surface area contributed by atoms with E-state index in [1.54, 1.807) is 6.07 Å². The molecule has 2 aromatic rings. The lowest BCUT2D eigenvalue weighted by Gasteiger charge is -2.11. The number of amides is 2. The predicted molar refractivity (Wildman–Crippen MR) is 123 cm³/mol. The zero-order valence-electron chi connectivity index (χ0n) is 16.4. The van der Waals surface area contributed by atoms with Crippen LogP contribution in [0, 0.1) is 10.1 Å². The van der Waals surface area contributed by atoms with Crippen LogP contribution in [0.25, 0.3) is 6.08 Å². The highest BCUT2D eigenvalue weighted by Crippen LogP contribution is 2.26. The number of nitrogens with zero attached hydrogens (tertiary/aromatic N) is 1. The maximum atomic E-state index is 11.9. The van der Waals surface area contributed by atoms with Gasteiger partial charge in [0.25, 0.3) is 11.6 Å². The fourth-order valence-electron chi connectivity index (χ4n) is 2.25. The lowest BCUT2D eigenvalue weighted by molar-refractivity contribution is -0.384. The van der Waals surface area contributed by atoms with Crippen molar-refractivity contribution in [3.8, 4) is 5.75 Å². The molecule has 2 aromatic carbocycles. The first-order valence-corrected chi connectivity index (χ1v) is 10.2. The summed E-state index contributed by atoms with van der Waals surface area (Å²) in [4.78, 5) is 33.9. The van der Waals surface area contributed by atoms with Crippen molar-refractivity contribution in [3.05, 3.63) is 74.3 Å². The normalized spacial score (nSPS) is 10.4. The summed E-state index contributed by atoms with van der Waals surface area (Å²) in [5, 5.41) is 12.9. The van der Waals surface area contributed by atoms with E-state index < -0.39 is 16.7 Å². The third-order valence-corrected chi connectivity index (χ3v) is 4.67. The molecule has 0 saturated heterocycles. The summed E-state index contributed by atoms with van der Waals surface area (Å²) in [6.45, 7) is 1.78. The van der Waals surface area contributed by atoms with E-state index in [-0.39, 0.29) is 17.4 Å². The van der Waals surface area contributed by atoms with E-state index in [4.69, 9.17) is 17.0 Å². The standard InChI is InChI=1S/C20H19BrN4O5S/c1-2-13-5-9-17(16(21)11-13)30-12-19(27)23-24-20(31)22-18(26)10-6-14-3-7-15(8-4-14)25(28)29/h3-11H,2,12H2,1H3,(H,23,27)(H2,22,24,26,31)/b10-6+. The molecule has 0 aromatic heterocycles. The Kier molecular flexibility index (Phi) is 9.10. The van der Waals surface area contributed by atoms with Gasteiger partial charge in [0.15, 0.2) is 11.7 Å². The van der Waals surface area contributed by atoms with Crippen molar-refractivity contribution >= 4 is 56.8 Å². The van der Waals surface area contributed by atoms with E-state index >= 15 is 0 Å². The second-order valence-electron chi connectivity index (χ2n) is 6.08. The molecule has 162 valence electrons. The molecular weight excluding hydrogens is 488 g/mol. The average molecular weight is 507 g/mol. The predicted octanol–water partition coefficient (Wildman–Crippen LogP) is 3.03. The number of thiocarbonyl (C=S) groups is 1. The number of hydrogen-bond acceptors (Lipinski definition) is 6. The summed E-state index contributed by atoms with van der Waals surface area (Å²) in [5.74, 6) is -0.509. The fourth-order valence-corrected chi connectivity index (χ4v) is 2.94. The number of non-ortho nitro benzene ring substituents is 1. The highest BCUT2D eigenvalue weighted by molar-refractivity contribution is 9.10. The number of hydrazine groups is 1. The number of nitro groups is 1. The van der Waals surface area contributed by atoms with Crippen LogP contribution in [0.1, 0.15) is 18.1 Å². The first-order valence-electron chi connectivity index (χ1n) is 9.02. The summed E-state index contributed by atoms with van der Waals surface area (Å²) in [5.41, 5.74) is 6.41. The van der Waals surface area contributed by atoms with Gasteiger partial charge in [-0.15, -0.1) is 0 Å². The van der Waals surface area contributed by atoms with Crippen molar-refractivity contribution < 1.29 is 19.2 Å². The molecule has 0 saturated carbocycles. The number of ether oxygens (including phenoxy) is 1. The van der Waals surface area contributed by atoms with E-state index in [0.29, 0.717) is 11.3 Å². The molecule has 2 amide bonds. The van der Waals surface area contributed by atoms with Gasteiger partial charge in [0.05, 0.1) is 9.40 Å². The van der Waals surface area contributed by atoms with E-state index in [0.717, 1.165) is 16.5 Å². The summed E-state index contributed by atoms with van der Waals surface area (Å²) >= 11 is 8.33. The van der Waals surface area contributed by atoms with Gasteiger partial charge in [-0.1, -0.05) is 13.0 Å².